The average molecular weight is 439 g/mol. The monoisotopic (exact) mass is 438 g/mol. The molecule has 0 spiro atoms. The molecule has 0 saturated heterocycles. The minimum Gasteiger partial charge on any atom is -0.358 e. The quantitative estimate of drug-likeness (QED) is 0.718. The summed E-state index contributed by atoms with van der Waals surface area (Å²) in [4.78, 5) is 25.5. The van der Waals surface area contributed by atoms with Gasteiger partial charge in [0.2, 0.25) is 5.91 Å². The highest BCUT2D eigenvalue weighted by Gasteiger charge is 2.19. The van der Waals surface area contributed by atoms with Gasteiger partial charge in [0.15, 0.2) is 0 Å². The Bertz CT molecular complexity index is 480. The number of hydrogen-bond donors (Lipinski definition) is 1. The van der Waals surface area contributed by atoms with E-state index in [1.807, 2.05) is 25.1 Å². The van der Waals surface area contributed by atoms with E-state index in [0.717, 1.165) is 14.5 Å². The van der Waals surface area contributed by atoms with Crippen LogP contribution in [-0.4, -0.2) is 36.9 Å². The number of halogens is 2. The lowest BCUT2D eigenvalue weighted by Gasteiger charge is -2.22. The Morgan fingerprint density at radius 1 is 1.42 bits per heavy atom. The van der Waals surface area contributed by atoms with Crippen molar-refractivity contribution in [3.8, 4) is 0 Å². The van der Waals surface area contributed by atoms with Gasteiger partial charge in [-0.15, -0.1) is 0 Å². The van der Waals surface area contributed by atoms with Crippen molar-refractivity contribution >= 4 is 50.3 Å². The second-order valence-corrected chi connectivity index (χ2v) is 6.12. The highest BCUT2D eigenvalue weighted by molar-refractivity contribution is 14.1. The van der Waals surface area contributed by atoms with Gasteiger partial charge in [-0.2, -0.15) is 0 Å². The lowest BCUT2D eigenvalue weighted by atomic mass is 10.2. The molecule has 0 saturated carbocycles. The Balaban J connectivity index is 2.98. The summed E-state index contributed by atoms with van der Waals surface area (Å²) in [6, 6.07) is 5.59. The maximum atomic E-state index is 12.5. The topological polar surface area (TPSA) is 49.4 Å². The molecule has 0 aliphatic rings. The van der Waals surface area contributed by atoms with Crippen molar-refractivity contribution in [1.29, 1.82) is 0 Å². The smallest absolute Gasteiger partial charge is 0.255 e. The van der Waals surface area contributed by atoms with Crippen LogP contribution in [-0.2, 0) is 4.79 Å². The molecule has 0 unspecified atom stereocenters. The van der Waals surface area contributed by atoms with Crippen molar-refractivity contribution < 1.29 is 9.59 Å². The fraction of sp³-hybridized carbons (Fsp3) is 0.385. The van der Waals surface area contributed by atoms with E-state index >= 15 is 0 Å². The standard InChI is InChI=1S/C13H16BrIN2O2/c1-3-6-17(8-12(18)16-2)13(19)10-7-9(15)4-5-11(10)14/h4-5,7H,3,6,8H2,1-2H3,(H,16,18). The molecule has 0 aliphatic carbocycles. The average Bonchev–Trinajstić information content (AvgIpc) is 2.40. The van der Waals surface area contributed by atoms with Gasteiger partial charge >= 0.3 is 0 Å². The summed E-state index contributed by atoms with van der Waals surface area (Å²) in [5.74, 6) is -0.292. The first kappa shape index (κ1) is 16.4. The van der Waals surface area contributed by atoms with Crippen molar-refractivity contribution in [3.63, 3.8) is 0 Å². The van der Waals surface area contributed by atoms with Gasteiger partial charge in [-0.25, -0.2) is 0 Å². The Kier molecular flexibility index (Phi) is 6.78. The first-order valence-electron chi connectivity index (χ1n) is 5.94. The zero-order chi connectivity index (χ0) is 14.4. The third-order valence-electron chi connectivity index (χ3n) is 2.55. The highest BCUT2D eigenvalue weighted by atomic mass is 127. The van der Waals surface area contributed by atoms with Crippen LogP contribution in [0.15, 0.2) is 22.7 Å². The predicted octanol–water partition coefficient (Wildman–Crippen LogP) is 2.65. The Hall–Kier alpha value is -0.630. The van der Waals surface area contributed by atoms with Crippen molar-refractivity contribution in [3.05, 3.63) is 31.8 Å². The largest absolute Gasteiger partial charge is 0.358 e. The molecular weight excluding hydrogens is 423 g/mol. The molecule has 0 bridgehead atoms. The van der Waals surface area contributed by atoms with Crippen molar-refractivity contribution in [2.45, 2.75) is 13.3 Å². The zero-order valence-electron chi connectivity index (χ0n) is 10.9. The van der Waals surface area contributed by atoms with E-state index in [1.54, 1.807) is 11.9 Å². The fourth-order valence-corrected chi connectivity index (χ4v) is 2.51. The van der Waals surface area contributed by atoms with E-state index in [-0.39, 0.29) is 18.4 Å². The van der Waals surface area contributed by atoms with Crippen LogP contribution in [0.5, 0.6) is 0 Å². The summed E-state index contributed by atoms with van der Waals surface area (Å²) in [6.07, 6.45) is 0.810. The van der Waals surface area contributed by atoms with Gasteiger partial charge in [0.25, 0.3) is 5.91 Å². The molecule has 1 aromatic rings. The van der Waals surface area contributed by atoms with Gasteiger partial charge in [0.1, 0.15) is 0 Å². The summed E-state index contributed by atoms with van der Waals surface area (Å²) in [5, 5.41) is 2.54. The van der Waals surface area contributed by atoms with E-state index in [1.165, 1.54) is 0 Å². The van der Waals surface area contributed by atoms with E-state index in [0.29, 0.717) is 12.1 Å². The molecule has 2 amide bonds. The Morgan fingerprint density at radius 3 is 2.68 bits per heavy atom. The van der Waals surface area contributed by atoms with Gasteiger partial charge in [-0.3, -0.25) is 9.59 Å². The summed E-state index contributed by atoms with van der Waals surface area (Å²) in [5.41, 5.74) is 0.587. The number of benzene rings is 1. The number of carbonyl (C=O) groups excluding carboxylic acids is 2. The minimum absolute atomic E-state index is 0.0844. The number of amides is 2. The van der Waals surface area contributed by atoms with Crippen LogP contribution in [0.2, 0.25) is 0 Å². The summed E-state index contributed by atoms with van der Waals surface area (Å²) in [6.45, 7) is 2.62. The molecule has 1 rings (SSSR count). The molecule has 0 aromatic heterocycles. The number of hydrogen-bond acceptors (Lipinski definition) is 2. The minimum atomic E-state index is -0.163. The van der Waals surface area contributed by atoms with Crippen LogP contribution in [0.3, 0.4) is 0 Å². The number of carbonyl (C=O) groups is 2. The Morgan fingerprint density at radius 2 is 2.11 bits per heavy atom. The number of nitrogens with one attached hydrogen (secondary N) is 1. The molecule has 0 atom stereocenters. The van der Waals surface area contributed by atoms with E-state index in [4.69, 9.17) is 0 Å². The van der Waals surface area contributed by atoms with Gasteiger partial charge in [0, 0.05) is 21.6 Å². The first-order chi connectivity index (χ1) is 8.99. The lowest BCUT2D eigenvalue weighted by molar-refractivity contribution is -0.121. The molecule has 1 aromatic carbocycles. The molecule has 19 heavy (non-hydrogen) atoms. The number of nitrogens with zero attached hydrogens (tertiary/aromatic N) is 1. The third kappa shape index (κ3) is 4.76. The van der Waals surface area contributed by atoms with Crippen molar-refractivity contribution in [2.24, 2.45) is 0 Å². The molecule has 6 heteroatoms. The molecule has 0 fully saturated rings. The molecule has 0 aliphatic heterocycles. The summed E-state index contributed by atoms with van der Waals surface area (Å²) in [7, 11) is 1.57. The van der Waals surface area contributed by atoms with E-state index in [9.17, 15) is 9.59 Å². The van der Waals surface area contributed by atoms with Crippen LogP contribution in [0.4, 0.5) is 0 Å². The molecule has 0 radical (unpaired) electrons. The fourth-order valence-electron chi connectivity index (χ4n) is 1.61. The number of likely N-dealkylation sites (N-methyl/N-ethyl adjacent to an activating group) is 1. The highest BCUT2D eigenvalue weighted by Crippen LogP contribution is 2.21. The predicted molar refractivity (Wildman–Crippen MR) is 87.1 cm³/mol. The van der Waals surface area contributed by atoms with Crippen LogP contribution in [0.1, 0.15) is 23.7 Å². The van der Waals surface area contributed by atoms with Gasteiger partial charge in [0.05, 0.1) is 12.1 Å². The van der Waals surface area contributed by atoms with E-state index in [2.05, 4.69) is 43.8 Å². The SMILES string of the molecule is CCCN(CC(=O)NC)C(=O)c1cc(I)ccc1Br. The van der Waals surface area contributed by atoms with Crippen molar-refractivity contribution in [1.82, 2.24) is 10.2 Å². The maximum Gasteiger partial charge on any atom is 0.255 e. The summed E-state index contributed by atoms with van der Waals surface area (Å²) >= 11 is 5.54. The zero-order valence-corrected chi connectivity index (χ0v) is 14.6. The van der Waals surface area contributed by atoms with E-state index < -0.39 is 0 Å². The van der Waals surface area contributed by atoms with Crippen LogP contribution < -0.4 is 5.32 Å². The second-order valence-electron chi connectivity index (χ2n) is 4.02. The van der Waals surface area contributed by atoms with Gasteiger partial charge in [-0.1, -0.05) is 6.92 Å². The van der Waals surface area contributed by atoms with Crippen LogP contribution >= 0.6 is 38.5 Å². The molecule has 0 heterocycles. The van der Waals surface area contributed by atoms with Crippen LogP contribution in [0.25, 0.3) is 0 Å². The van der Waals surface area contributed by atoms with Gasteiger partial charge < -0.3 is 10.2 Å². The van der Waals surface area contributed by atoms with Crippen molar-refractivity contribution in [2.75, 3.05) is 20.1 Å². The molecule has 1 N–H and O–H groups in total. The number of rotatable bonds is 5. The molecule has 4 nitrogen and oxygen atoms in total. The molecular formula is C13H16BrIN2O2. The first-order valence-corrected chi connectivity index (χ1v) is 7.81. The van der Waals surface area contributed by atoms with Gasteiger partial charge in [-0.05, 0) is 63.1 Å². The third-order valence-corrected chi connectivity index (χ3v) is 3.92. The molecule has 104 valence electrons. The summed E-state index contributed by atoms with van der Waals surface area (Å²) < 4.78 is 1.73. The maximum absolute atomic E-state index is 12.5. The lowest BCUT2D eigenvalue weighted by Crippen LogP contribution is -2.40. The normalized spacial score (nSPS) is 10.1. The Labute approximate surface area is 135 Å². The van der Waals surface area contributed by atoms with Crippen LogP contribution in [0, 0.1) is 3.57 Å². The second kappa shape index (κ2) is 7.84.